The summed E-state index contributed by atoms with van der Waals surface area (Å²) in [4.78, 5) is 15.3. The van der Waals surface area contributed by atoms with Crippen molar-refractivity contribution >= 4 is 17.2 Å². The van der Waals surface area contributed by atoms with Gasteiger partial charge in [0.2, 0.25) is 0 Å². The zero-order valence-corrected chi connectivity index (χ0v) is 13.5. The third-order valence-corrected chi connectivity index (χ3v) is 4.88. The van der Waals surface area contributed by atoms with Gasteiger partial charge in [-0.1, -0.05) is 6.07 Å². The van der Waals surface area contributed by atoms with Gasteiger partial charge in [0.1, 0.15) is 0 Å². The zero-order chi connectivity index (χ0) is 15.4. The topological polar surface area (TPSA) is 46.5 Å². The maximum Gasteiger partial charge on any atom is 0.261 e. The van der Waals surface area contributed by atoms with Gasteiger partial charge in [0.25, 0.3) is 5.91 Å². The first-order valence-corrected chi connectivity index (χ1v) is 8.38. The predicted octanol–water partition coefficient (Wildman–Crippen LogP) is 1.89. The summed E-state index contributed by atoms with van der Waals surface area (Å²) in [6.07, 6.45) is 2.05. The molecule has 3 heterocycles. The number of hydrogen-bond acceptors (Lipinski definition) is 4. The molecule has 22 heavy (non-hydrogen) atoms. The maximum absolute atomic E-state index is 12.2. The van der Waals surface area contributed by atoms with Crippen molar-refractivity contribution in [1.29, 1.82) is 0 Å². The molecule has 0 aromatic carbocycles. The number of thiophene rings is 1. The van der Waals surface area contributed by atoms with Gasteiger partial charge < -0.3 is 14.6 Å². The Hall–Kier alpha value is -1.63. The lowest BCUT2D eigenvalue weighted by molar-refractivity contribution is 0.0148. The summed E-state index contributed by atoms with van der Waals surface area (Å²) in [6.45, 7) is 3.89. The smallest absolute Gasteiger partial charge is 0.261 e. The Morgan fingerprint density at radius 1 is 1.36 bits per heavy atom. The van der Waals surface area contributed by atoms with E-state index in [1.54, 1.807) is 0 Å². The zero-order valence-electron chi connectivity index (χ0n) is 12.7. The number of hydrogen-bond donors (Lipinski definition) is 1. The summed E-state index contributed by atoms with van der Waals surface area (Å²) < 4.78 is 7.57. The van der Waals surface area contributed by atoms with Crippen LogP contribution in [0.2, 0.25) is 0 Å². The molecule has 1 saturated heterocycles. The van der Waals surface area contributed by atoms with E-state index in [-0.39, 0.29) is 11.9 Å². The molecule has 1 aliphatic heterocycles. The fourth-order valence-electron chi connectivity index (χ4n) is 2.81. The monoisotopic (exact) mass is 319 g/mol. The summed E-state index contributed by atoms with van der Waals surface area (Å²) in [7, 11) is 2.05. The Kier molecular flexibility index (Phi) is 4.92. The molecule has 0 radical (unpaired) electrons. The second-order valence-electron chi connectivity index (χ2n) is 5.40. The Morgan fingerprint density at radius 2 is 2.18 bits per heavy atom. The van der Waals surface area contributed by atoms with Gasteiger partial charge in [0.15, 0.2) is 0 Å². The second kappa shape index (κ2) is 7.09. The highest BCUT2D eigenvalue weighted by Gasteiger charge is 2.25. The SMILES string of the molecule is Cn1cccc1C(CNC(=O)c1cccs1)N1CCOCC1. The number of nitrogens with zero attached hydrogens (tertiary/aromatic N) is 2. The van der Waals surface area contributed by atoms with E-state index in [4.69, 9.17) is 4.74 Å². The van der Waals surface area contributed by atoms with Gasteiger partial charge in [0, 0.05) is 38.6 Å². The van der Waals surface area contributed by atoms with E-state index in [0.29, 0.717) is 6.54 Å². The highest BCUT2D eigenvalue weighted by Crippen LogP contribution is 2.21. The molecular formula is C16H21N3O2S. The number of aromatic nitrogens is 1. The lowest BCUT2D eigenvalue weighted by atomic mass is 10.1. The van der Waals surface area contributed by atoms with Crippen LogP contribution in [0.1, 0.15) is 21.4 Å². The van der Waals surface area contributed by atoms with E-state index in [1.165, 1.54) is 17.0 Å². The fourth-order valence-corrected chi connectivity index (χ4v) is 3.45. The fraction of sp³-hybridized carbons (Fsp3) is 0.438. The Morgan fingerprint density at radius 3 is 2.82 bits per heavy atom. The van der Waals surface area contributed by atoms with Crippen LogP contribution < -0.4 is 5.32 Å². The number of nitrogens with one attached hydrogen (secondary N) is 1. The molecule has 0 bridgehead atoms. The largest absolute Gasteiger partial charge is 0.379 e. The number of ether oxygens (including phenoxy) is 1. The van der Waals surface area contributed by atoms with Crippen molar-refractivity contribution in [2.45, 2.75) is 6.04 Å². The van der Waals surface area contributed by atoms with Crippen molar-refractivity contribution in [3.05, 3.63) is 46.4 Å². The number of morpholine rings is 1. The number of carbonyl (C=O) groups excluding carboxylic acids is 1. The van der Waals surface area contributed by atoms with Crippen LogP contribution in [0.5, 0.6) is 0 Å². The van der Waals surface area contributed by atoms with E-state index in [2.05, 4.69) is 20.9 Å². The molecule has 3 rings (SSSR count). The van der Waals surface area contributed by atoms with Gasteiger partial charge in [-0.2, -0.15) is 0 Å². The third-order valence-electron chi connectivity index (χ3n) is 4.01. The van der Waals surface area contributed by atoms with Gasteiger partial charge in [-0.05, 0) is 23.6 Å². The minimum atomic E-state index is 0.00229. The normalized spacial score (nSPS) is 17.3. The van der Waals surface area contributed by atoms with Crippen LogP contribution >= 0.6 is 11.3 Å². The summed E-state index contributed by atoms with van der Waals surface area (Å²) >= 11 is 1.47. The van der Waals surface area contributed by atoms with Crippen molar-refractivity contribution in [2.24, 2.45) is 7.05 Å². The molecule has 1 fully saturated rings. The summed E-state index contributed by atoms with van der Waals surface area (Å²) in [5.74, 6) is 0.00229. The third kappa shape index (κ3) is 3.40. The van der Waals surface area contributed by atoms with Crippen molar-refractivity contribution in [3.63, 3.8) is 0 Å². The first-order valence-electron chi connectivity index (χ1n) is 7.50. The Balaban J connectivity index is 1.71. The average Bonchev–Trinajstić information content (AvgIpc) is 3.21. The maximum atomic E-state index is 12.2. The van der Waals surface area contributed by atoms with Crippen LogP contribution in [-0.4, -0.2) is 48.2 Å². The van der Waals surface area contributed by atoms with Crippen molar-refractivity contribution in [2.75, 3.05) is 32.8 Å². The molecule has 2 aromatic heterocycles. The molecule has 1 aliphatic rings. The standard InChI is InChI=1S/C16H21N3O2S/c1-18-6-2-4-13(18)14(19-7-9-21-10-8-19)12-17-16(20)15-5-3-11-22-15/h2-6,11,14H,7-10,12H2,1H3,(H,17,20). The van der Waals surface area contributed by atoms with Crippen LogP contribution in [0.3, 0.4) is 0 Å². The van der Waals surface area contributed by atoms with Crippen molar-refractivity contribution < 1.29 is 9.53 Å². The number of amides is 1. The van der Waals surface area contributed by atoms with Crippen LogP contribution in [0.15, 0.2) is 35.8 Å². The predicted molar refractivity (Wildman–Crippen MR) is 87.2 cm³/mol. The molecule has 6 heteroatoms. The van der Waals surface area contributed by atoms with Crippen LogP contribution in [0, 0.1) is 0 Å². The highest BCUT2D eigenvalue weighted by molar-refractivity contribution is 7.12. The quantitative estimate of drug-likeness (QED) is 0.915. The van der Waals surface area contributed by atoms with E-state index in [9.17, 15) is 4.79 Å². The average molecular weight is 319 g/mol. The first kappa shape index (κ1) is 15.3. The minimum absolute atomic E-state index is 0.00229. The van der Waals surface area contributed by atoms with Gasteiger partial charge in [-0.25, -0.2) is 0 Å². The van der Waals surface area contributed by atoms with Gasteiger partial charge in [-0.3, -0.25) is 9.69 Å². The van der Waals surface area contributed by atoms with E-state index < -0.39 is 0 Å². The van der Waals surface area contributed by atoms with Crippen LogP contribution in [-0.2, 0) is 11.8 Å². The van der Waals surface area contributed by atoms with Gasteiger partial charge in [0.05, 0.1) is 24.1 Å². The minimum Gasteiger partial charge on any atom is -0.379 e. The lowest BCUT2D eigenvalue weighted by Gasteiger charge is -2.34. The molecule has 1 unspecified atom stereocenters. The van der Waals surface area contributed by atoms with Crippen molar-refractivity contribution in [1.82, 2.24) is 14.8 Å². The summed E-state index contributed by atoms with van der Waals surface area (Å²) in [5, 5.41) is 5.00. The molecule has 0 aliphatic carbocycles. The number of aryl methyl sites for hydroxylation is 1. The van der Waals surface area contributed by atoms with Gasteiger partial charge >= 0.3 is 0 Å². The van der Waals surface area contributed by atoms with E-state index >= 15 is 0 Å². The lowest BCUT2D eigenvalue weighted by Crippen LogP contribution is -2.44. The van der Waals surface area contributed by atoms with Crippen LogP contribution in [0.4, 0.5) is 0 Å². The number of rotatable bonds is 5. The highest BCUT2D eigenvalue weighted by atomic mass is 32.1. The molecule has 2 aromatic rings. The Labute approximate surface area is 134 Å². The Bertz CT molecular complexity index is 603. The molecule has 5 nitrogen and oxygen atoms in total. The first-order chi connectivity index (χ1) is 10.8. The summed E-state index contributed by atoms with van der Waals surface area (Å²) in [5.41, 5.74) is 1.22. The van der Waals surface area contributed by atoms with E-state index in [0.717, 1.165) is 31.2 Å². The molecule has 0 spiro atoms. The summed E-state index contributed by atoms with van der Waals surface area (Å²) in [6, 6.07) is 8.09. The van der Waals surface area contributed by atoms with Gasteiger partial charge in [-0.15, -0.1) is 11.3 Å². The molecule has 1 N–H and O–H groups in total. The number of carbonyl (C=O) groups is 1. The molecule has 1 atom stereocenters. The molecule has 118 valence electrons. The van der Waals surface area contributed by atoms with E-state index in [1.807, 2.05) is 36.8 Å². The molecule has 1 amide bonds. The van der Waals surface area contributed by atoms with Crippen molar-refractivity contribution in [3.8, 4) is 0 Å². The molecular weight excluding hydrogens is 298 g/mol. The molecule has 0 saturated carbocycles. The second-order valence-corrected chi connectivity index (χ2v) is 6.34. The van der Waals surface area contributed by atoms with Crippen LogP contribution in [0.25, 0.3) is 0 Å².